The van der Waals surface area contributed by atoms with Gasteiger partial charge in [0.15, 0.2) is 5.78 Å². The van der Waals surface area contributed by atoms with Crippen LogP contribution in [0, 0.1) is 35.5 Å². The van der Waals surface area contributed by atoms with E-state index in [-0.39, 0.29) is 48.9 Å². The number of carbonyl (C=O) groups excluding carboxylic acids is 5. The fourth-order valence-electron chi connectivity index (χ4n) is 10.7. The van der Waals surface area contributed by atoms with E-state index < -0.39 is 102 Å². The van der Waals surface area contributed by atoms with Crippen LogP contribution >= 0.6 is 0 Å². The Balaban J connectivity index is 1.68. The van der Waals surface area contributed by atoms with Gasteiger partial charge in [0.1, 0.15) is 36.7 Å². The molecule has 0 aromatic heterocycles. The van der Waals surface area contributed by atoms with Crippen LogP contribution in [0.4, 0.5) is 0 Å². The number of hydrogen-bond donors (Lipinski definition) is 3. The maximum Gasteiger partial charge on any atom is 0.329 e. The molecule has 390 valence electrons. The summed E-state index contributed by atoms with van der Waals surface area (Å²) in [5, 5.41) is 32.7. The lowest BCUT2D eigenvalue weighted by Gasteiger charge is -2.42. The van der Waals surface area contributed by atoms with Gasteiger partial charge < -0.3 is 48.6 Å². The van der Waals surface area contributed by atoms with E-state index >= 15 is 0 Å². The first kappa shape index (κ1) is 57.9. The summed E-state index contributed by atoms with van der Waals surface area (Å²) in [5.41, 5.74) is 1.28. The standard InChI is InChI=1S/C53H83NO15/c1-31-16-12-11-13-17-32(2)43(64-8)28-39-21-19-37(7)53(63,69-39)50(60)51(61)54-23-15-14-18-40(54)52(62)68-44(34(4)26-38-20-22-42(45(27-38)65-9)67-30-46(56)57)29-41(55)33(3)25-36(6)48(59)49(66-10)47(58)35(5)24-31/h11,13,17,25,31,33-35,37-40,42-45,48-49,59,63H,12,14-16,18-24,26-30H2,1-10H3,(H,56,57)/b13-11+,32-17+,36-25+/t31-,33-,34-,35+,37-,38+,39?,40+,42-,43+,44+,45-,48-,49+,53-/m1/s1. The lowest BCUT2D eigenvalue weighted by atomic mass is 9.78. The fraction of sp³-hybridized carbons (Fsp3) is 0.774. The molecule has 69 heavy (non-hydrogen) atoms. The van der Waals surface area contributed by atoms with Gasteiger partial charge in [-0.15, -0.1) is 0 Å². The predicted octanol–water partition coefficient (Wildman–Crippen LogP) is 6.51. The predicted molar refractivity (Wildman–Crippen MR) is 257 cm³/mol. The zero-order valence-electron chi connectivity index (χ0n) is 42.9. The van der Waals surface area contributed by atoms with Crippen molar-refractivity contribution in [3.05, 3.63) is 35.5 Å². The normalized spacial score (nSPS) is 38.5. The fourth-order valence-corrected chi connectivity index (χ4v) is 10.7. The maximum absolute atomic E-state index is 14.5. The molecule has 0 aromatic carbocycles. The number of piperidine rings is 1. The number of aliphatic hydroxyl groups is 2. The van der Waals surface area contributed by atoms with Gasteiger partial charge in [-0.05, 0) is 120 Å². The van der Waals surface area contributed by atoms with Crippen molar-refractivity contribution in [2.24, 2.45) is 35.5 Å². The Bertz CT molecular complexity index is 1850. The number of esters is 1. The number of carboxylic acid groups (broad SMARTS) is 1. The molecule has 1 saturated carbocycles. The number of aliphatic hydroxyl groups excluding tert-OH is 1. The zero-order valence-corrected chi connectivity index (χ0v) is 42.9. The second-order valence-electron chi connectivity index (χ2n) is 20.6. The molecule has 4 aliphatic rings. The van der Waals surface area contributed by atoms with E-state index in [1.54, 1.807) is 41.1 Å². The van der Waals surface area contributed by atoms with Crippen molar-refractivity contribution in [2.75, 3.05) is 34.5 Å². The number of cyclic esters (lactones) is 1. The Morgan fingerprint density at radius 2 is 1.61 bits per heavy atom. The third kappa shape index (κ3) is 15.9. The molecular formula is C53H83NO15. The van der Waals surface area contributed by atoms with Crippen LogP contribution in [-0.2, 0) is 57.2 Å². The van der Waals surface area contributed by atoms with Crippen molar-refractivity contribution in [3.8, 4) is 0 Å². The van der Waals surface area contributed by atoms with Crippen molar-refractivity contribution in [3.63, 3.8) is 0 Å². The summed E-state index contributed by atoms with van der Waals surface area (Å²) in [6, 6.07) is -1.17. The molecule has 3 N–H and O–H groups in total. The Morgan fingerprint density at radius 3 is 2.28 bits per heavy atom. The highest BCUT2D eigenvalue weighted by Gasteiger charge is 2.53. The molecule has 0 aromatic rings. The van der Waals surface area contributed by atoms with Crippen LogP contribution in [0.15, 0.2) is 35.5 Å². The van der Waals surface area contributed by atoms with E-state index in [9.17, 15) is 44.1 Å². The lowest BCUT2D eigenvalue weighted by Crippen LogP contribution is -2.61. The van der Waals surface area contributed by atoms with Crippen molar-refractivity contribution in [1.82, 2.24) is 4.90 Å². The summed E-state index contributed by atoms with van der Waals surface area (Å²) in [5.74, 6) is -9.07. The zero-order chi connectivity index (χ0) is 51.2. The number of nitrogens with zero attached hydrogens (tertiary/aromatic N) is 1. The number of amides is 1. The van der Waals surface area contributed by atoms with E-state index in [1.807, 2.05) is 32.9 Å². The number of carboxylic acids is 1. The molecule has 3 fully saturated rings. The van der Waals surface area contributed by atoms with Gasteiger partial charge in [0, 0.05) is 58.5 Å². The quantitative estimate of drug-likeness (QED) is 0.127. The summed E-state index contributed by atoms with van der Waals surface area (Å²) in [6.45, 7) is 12.3. The van der Waals surface area contributed by atoms with Crippen molar-refractivity contribution in [2.45, 2.75) is 193 Å². The number of ketones is 3. The van der Waals surface area contributed by atoms with Crippen LogP contribution in [0.1, 0.15) is 138 Å². The van der Waals surface area contributed by atoms with Gasteiger partial charge in [0.2, 0.25) is 5.79 Å². The average molecular weight is 974 g/mol. The van der Waals surface area contributed by atoms with E-state index in [2.05, 4.69) is 13.0 Å². The number of Topliss-reactive ketones (excluding diaryl/α,β-unsaturated/α-hetero) is 3. The largest absolute Gasteiger partial charge is 0.480 e. The van der Waals surface area contributed by atoms with Crippen LogP contribution in [0.5, 0.6) is 0 Å². The molecule has 0 radical (unpaired) electrons. The summed E-state index contributed by atoms with van der Waals surface area (Å²) in [7, 11) is 4.51. The summed E-state index contributed by atoms with van der Waals surface area (Å²) in [6.07, 6.45) is 9.06. The molecule has 0 spiro atoms. The van der Waals surface area contributed by atoms with Gasteiger partial charge >= 0.3 is 11.9 Å². The monoisotopic (exact) mass is 974 g/mol. The molecule has 1 aliphatic carbocycles. The highest BCUT2D eigenvalue weighted by molar-refractivity contribution is 6.39. The highest BCUT2D eigenvalue weighted by Crippen LogP contribution is 2.38. The SMILES string of the molecule is CO[C@H]1CC2CC[C@@H](C)[C@@](O)(O2)C(=O)C(=O)N2CCCC[C@H]2C(=O)O[C@H]([C@H](C)C[C@@H]2CC[C@@H](OCC(=O)O)[C@H](OC)C2)CC(=O)[C@H](C)/C=C(\C)[C@@H](O)[C@@H](OC)C(=O)[C@@H](C)C[C@H](C)CC/C=C/C=C/1C. The Hall–Kier alpha value is -3.64. The van der Waals surface area contributed by atoms with Crippen LogP contribution in [0.25, 0.3) is 0 Å². The van der Waals surface area contributed by atoms with Crippen molar-refractivity contribution >= 4 is 35.2 Å². The summed E-state index contributed by atoms with van der Waals surface area (Å²) >= 11 is 0. The molecule has 3 aliphatic heterocycles. The Morgan fingerprint density at radius 1 is 0.884 bits per heavy atom. The molecule has 2 bridgehead atoms. The smallest absolute Gasteiger partial charge is 0.329 e. The molecule has 16 heteroatoms. The van der Waals surface area contributed by atoms with Crippen LogP contribution in [-0.4, -0.2) is 144 Å². The van der Waals surface area contributed by atoms with E-state index in [1.165, 1.54) is 12.0 Å². The molecular weight excluding hydrogens is 891 g/mol. The molecule has 1 unspecified atom stereocenters. The first-order valence-electron chi connectivity index (χ1n) is 25.3. The minimum atomic E-state index is -2.44. The van der Waals surface area contributed by atoms with Gasteiger partial charge in [-0.2, -0.15) is 0 Å². The first-order valence-corrected chi connectivity index (χ1v) is 25.3. The number of ether oxygens (including phenoxy) is 6. The van der Waals surface area contributed by atoms with E-state index in [0.717, 1.165) is 18.4 Å². The van der Waals surface area contributed by atoms with Crippen LogP contribution < -0.4 is 0 Å². The second-order valence-corrected chi connectivity index (χ2v) is 20.6. The minimum Gasteiger partial charge on any atom is -0.480 e. The van der Waals surface area contributed by atoms with Crippen molar-refractivity contribution < 1.29 is 72.5 Å². The summed E-state index contributed by atoms with van der Waals surface area (Å²) in [4.78, 5) is 83.4. The molecule has 15 atom stereocenters. The maximum atomic E-state index is 14.5. The van der Waals surface area contributed by atoms with E-state index in [0.29, 0.717) is 69.8 Å². The minimum absolute atomic E-state index is 0.0463. The Kier molecular flexibility index (Phi) is 22.9. The number of allylic oxidation sites excluding steroid dienone is 4. The number of carbonyl (C=O) groups is 6. The van der Waals surface area contributed by atoms with Gasteiger partial charge in [-0.25, -0.2) is 9.59 Å². The number of rotatable bonds is 9. The molecule has 4 rings (SSSR count). The molecule has 16 nitrogen and oxygen atoms in total. The number of methoxy groups -OCH3 is 3. The highest BCUT2D eigenvalue weighted by atomic mass is 16.6. The molecule has 1 amide bonds. The third-order valence-corrected chi connectivity index (χ3v) is 15.2. The van der Waals surface area contributed by atoms with Crippen molar-refractivity contribution in [1.29, 1.82) is 0 Å². The van der Waals surface area contributed by atoms with Gasteiger partial charge in [0.25, 0.3) is 11.7 Å². The van der Waals surface area contributed by atoms with Gasteiger partial charge in [-0.3, -0.25) is 19.2 Å². The van der Waals surface area contributed by atoms with E-state index in [4.69, 9.17) is 28.4 Å². The third-order valence-electron chi connectivity index (χ3n) is 15.2. The van der Waals surface area contributed by atoms with Crippen LogP contribution in [0.3, 0.4) is 0 Å². The number of aliphatic carboxylic acids is 1. The topological polar surface area (TPSA) is 222 Å². The first-order chi connectivity index (χ1) is 32.6. The Labute approximate surface area is 409 Å². The average Bonchev–Trinajstić information content (AvgIpc) is 3.32. The van der Waals surface area contributed by atoms with Crippen LogP contribution in [0.2, 0.25) is 0 Å². The van der Waals surface area contributed by atoms with Gasteiger partial charge in [0.05, 0.1) is 24.4 Å². The number of hydrogen-bond acceptors (Lipinski definition) is 14. The number of fused-ring (bicyclic) bond motifs is 3. The van der Waals surface area contributed by atoms with Gasteiger partial charge in [-0.1, -0.05) is 58.9 Å². The molecule has 3 heterocycles. The second kappa shape index (κ2) is 27.3. The lowest BCUT2D eigenvalue weighted by molar-refractivity contribution is -0.265. The molecule has 2 saturated heterocycles. The summed E-state index contributed by atoms with van der Waals surface area (Å²) < 4.78 is 35.2.